The maximum Gasteiger partial charge on any atom is 0.328 e. The van der Waals surface area contributed by atoms with E-state index in [0.29, 0.717) is 48.8 Å². The van der Waals surface area contributed by atoms with Gasteiger partial charge in [0, 0.05) is 11.8 Å². The highest BCUT2D eigenvalue weighted by molar-refractivity contribution is 7.98. The zero-order valence-electron chi connectivity index (χ0n) is 24.0. The second kappa shape index (κ2) is 19.5. The first-order valence-corrected chi connectivity index (χ1v) is 16.1. The topological polar surface area (TPSA) is 128 Å². The van der Waals surface area contributed by atoms with E-state index in [9.17, 15) is 18.8 Å². The van der Waals surface area contributed by atoms with Gasteiger partial charge in [-0.15, -0.1) is 35.6 Å². The molecule has 4 atom stereocenters. The minimum Gasteiger partial charge on any atom is -0.464 e. The van der Waals surface area contributed by atoms with Gasteiger partial charge in [0.1, 0.15) is 17.9 Å². The lowest BCUT2D eigenvalue weighted by molar-refractivity contribution is -0.149. The van der Waals surface area contributed by atoms with E-state index >= 15 is 0 Å². The molecule has 0 saturated heterocycles. The van der Waals surface area contributed by atoms with E-state index in [4.69, 9.17) is 39.5 Å². The van der Waals surface area contributed by atoms with Crippen LogP contribution in [-0.4, -0.2) is 71.3 Å². The molecular formula is C29H42Cl3FN4O4S. The standard InChI is InChI=1S/C29H41Cl2FN4O4S.ClH/c1-3-40-28(39)24(11-16-41-2)35-26(37)25(19-29(13-15-31)12-4-5-21(18-29)10-14-30)36(34)27(38)23(33)17-20-6-8-22(32)9-7-20;/h4-9,12,23-25H,3,10-11,13-19,33-34H2,1-2H3,(H,35,37);1H/t23-,24-,25-,29?;/m0./s1. The second-order valence-electron chi connectivity index (χ2n) is 10.1. The fourth-order valence-electron chi connectivity index (χ4n) is 4.86. The largest absolute Gasteiger partial charge is 0.464 e. The number of halogens is 4. The molecule has 1 aromatic carbocycles. The minimum atomic E-state index is -1.17. The zero-order valence-corrected chi connectivity index (χ0v) is 27.2. The van der Waals surface area contributed by atoms with Crippen LogP contribution >= 0.6 is 47.4 Å². The molecule has 1 unspecified atom stereocenters. The molecule has 236 valence electrons. The number of benzene rings is 1. The zero-order chi connectivity index (χ0) is 30.4. The van der Waals surface area contributed by atoms with E-state index in [0.717, 1.165) is 10.6 Å². The van der Waals surface area contributed by atoms with Crippen molar-refractivity contribution in [1.82, 2.24) is 10.3 Å². The highest BCUT2D eigenvalue weighted by Gasteiger charge is 2.40. The number of allylic oxidation sites excluding steroid dienone is 4. The first-order valence-electron chi connectivity index (χ1n) is 13.6. The van der Waals surface area contributed by atoms with Crippen LogP contribution in [0, 0.1) is 11.2 Å². The van der Waals surface area contributed by atoms with Crippen molar-refractivity contribution in [3.8, 4) is 0 Å². The van der Waals surface area contributed by atoms with Gasteiger partial charge in [-0.2, -0.15) is 11.8 Å². The number of amides is 2. The van der Waals surface area contributed by atoms with Gasteiger partial charge in [0.05, 0.1) is 12.6 Å². The van der Waals surface area contributed by atoms with E-state index in [2.05, 4.69) is 5.32 Å². The first-order chi connectivity index (χ1) is 19.6. The van der Waals surface area contributed by atoms with Crippen molar-refractivity contribution in [1.29, 1.82) is 0 Å². The third-order valence-electron chi connectivity index (χ3n) is 7.05. The molecule has 42 heavy (non-hydrogen) atoms. The van der Waals surface area contributed by atoms with Crippen molar-refractivity contribution in [2.75, 3.05) is 30.4 Å². The Balaban J connectivity index is 0.00000882. The maximum atomic E-state index is 13.8. The number of thioether (sulfide) groups is 1. The summed E-state index contributed by atoms with van der Waals surface area (Å²) >= 11 is 13.8. The van der Waals surface area contributed by atoms with Crippen molar-refractivity contribution in [2.45, 2.75) is 63.6 Å². The number of rotatable bonds is 17. The smallest absolute Gasteiger partial charge is 0.328 e. The van der Waals surface area contributed by atoms with Crippen LogP contribution in [0.2, 0.25) is 0 Å². The van der Waals surface area contributed by atoms with Gasteiger partial charge < -0.3 is 15.8 Å². The van der Waals surface area contributed by atoms with Gasteiger partial charge in [-0.1, -0.05) is 35.9 Å². The summed E-state index contributed by atoms with van der Waals surface area (Å²) in [6.45, 7) is 1.85. The van der Waals surface area contributed by atoms with E-state index in [-0.39, 0.29) is 31.9 Å². The summed E-state index contributed by atoms with van der Waals surface area (Å²) in [7, 11) is 0. The molecule has 0 aromatic heterocycles. The predicted octanol–water partition coefficient (Wildman–Crippen LogP) is 4.51. The molecule has 0 spiro atoms. The summed E-state index contributed by atoms with van der Waals surface area (Å²) in [4.78, 5) is 40.0. The van der Waals surface area contributed by atoms with Gasteiger partial charge in [0.2, 0.25) is 5.91 Å². The number of alkyl halides is 2. The molecule has 0 fully saturated rings. The summed E-state index contributed by atoms with van der Waals surface area (Å²) in [5.74, 6) is 5.53. The third kappa shape index (κ3) is 11.7. The van der Waals surface area contributed by atoms with Crippen molar-refractivity contribution in [2.24, 2.45) is 17.0 Å². The molecule has 0 radical (unpaired) electrons. The Morgan fingerprint density at radius 1 is 1.21 bits per heavy atom. The van der Waals surface area contributed by atoms with Crippen LogP contribution < -0.4 is 16.9 Å². The van der Waals surface area contributed by atoms with Crippen molar-refractivity contribution in [3.05, 3.63) is 59.4 Å². The third-order valence-corrected chi connectivity index (χ3v) is 8.07. The molecule has 0 heterocycles. The van der Waals surface area contributed by atoms with Gasteiger partial charge in [-0.25, -0.2) is 15.0 Å². The number of hydrogen-bond donors (Lipinski definition) is 3. The Hall–Kier alpha value is -1.82. The van der Waals surface area contributed by atoms with Crippen molar-refractivity contribution in [3.63, 3.8) is 0 Å². The molecule has 0 bridgehead atoms. The van der Waals surface area contributed by atoms with Crippen LogP contribution in [0.3, 0.4) is 0 Å². The molecule has 13 heteroatoms. The Labute approximate surface area is 268 Å². The average Bonchev–Trinajstić information content (AvgIpc) is 2.95. The Kier molecular flexibility index (Phi) is 17.7. The quantitative estimate of drug-likeness (QED) is 0.0734. The number of carbonyl (C=O) groups is 3. The number of ether oxygens (including phenoxy) is 1. The Bertz CT molecular complexity index is 1080. The first kappa shape index (κ1) is 38.2. The molecule has 1 aliphatic rings. The fraction of sp³-hybridized carbons (Fsp3) is 0.552. The fourth-order valence-corrected chi connectivity index (χ4v) is 5.95. The van der Waals surface area contributed by atoms with Crippen LogP contribution in [0.15, 0.2) is 48.1 Å². The van der Waals surface area contributed by atoms with Crippen molar-refractivity contribution < 1.29 is 23.5 Å². The van der Waals surface area contributed by atoms with E-state index < -0.39 is 47.1 Å². The van der Waals surface area contributed by atoms with Gasteiger partial charge >= 0.3 is 5.97 Å². The normalized spacial score (nSPS) is 18.2. The summed E-state index contributed by atoms with van der Waals surface area (Å²) in [5.41, 5.74) is 7.39. The molecule has 2 amide bonds. The van der Waals surface area contributed by atoms with Crippen LogP contribution in [0.25, 0.3) is 0 Å². The van der Waals surface area contributed by atoms with Gasteiger partial charge in [0.15, 0.2) is 0 Å². The summed E-state index contributed by atoms with van der Waals surface area (Å²) in [6, 6.07) is 2.47. The highest BCUT2D eigenvalue weighted by atomic mass is 35.5. The Morgan fingerprint density at radius 2 is 1.90 bits per heavy atom. The van der Waals surface area contributed by atoms with Crippen LogP contribution in [0.5, 0.6) is 0 Å². The SMILES string of the molecule is CCOC(=O)[C@H](CCSC)NC(=O)[C@H](CC1(CCCl)C=CC=C(CCCl)C1)N(N)C(=O)[C@@H](N)Cc1ccc(F)cc1.Cl. The Morgan fingerprint density at radius 3 is 2.50 bits per heavy atom. The molecule has 5 N–H and O–H groups in total. The lowest BCUT2D eigenvalue weighted by Crippen LogP contribution is -2.60. The number of carbonyl (C=O) groups excluding carboxylic acids is 3. The summed E-state index contributed by atoms with van der Waals surface area (Å²) in [5, 5.41) is 3.64. The summed E-state index contributed by atoms with van der Waals surface area (Å²) < 4.78 is 18.5. The highest BCUT2D eigenvalue weighted by Crippen LogP contribution is 2.41. The van der Waals surface area contributed by atoms with Gasteiger partial charge in [-0.05, 0) is 80.6 Å². The van der Waals surface area contributed by atoms with Crippen LogP contribution in [0.4, 0.5) is 4.39 Å². The molecule has 0 saturated carbocycles. The number of hydrogen-bond acceptors (Lipinski definition) is 7. The summed E-state index contributed by atoms with van der Waals surface area (Å²) in [6.07, 6.45) is 10.1. The number of nitrogens with one attached hydrogen (secondary N) is 1. The lowest BCUT2D eigenvalue weighted by atomic mass is 9.71. The number of hydrazine groups is 1. The molecule has 8 nitrogen and oxygen atoms in total. The molecule has 2 rings (SSSR count). The number of esters is 1. The monoisotopic (exact) mass is 666 g/mol. The number of nitrogens with zero attached hydrogens (tertiary/aromatic N) is 1. The van der Waals surface area contributed by atoms with Crippen LogP contribution in [0.1, 0.15) is 44.6 Å². The second-order valence-corrected chi connectivity index (χ2v) is 11.8. The van der Waals surface area contributed by atoms with Crippen molar-refractivity contribution >= 4 is 65.2 Å². The van der Waals surface area contributed by atoms with E-state index in [1.54, 1.807) is 6.92 Å². The van der Waals surface area contributed by atoms with E-state index in [1.807, 2.05) is 24.5 Å². The number of nitrogens with two attached hydrogens (primary N) is 2. The van der Waals surface area contributed by atoms with Gasteiger partial charge in [0.25, 0.3) is 5.91 Å². The lowest BCUT2D eigenvalue weighted by Gasteiger charge is -2.39. The average molecular weight is 668 g/mol. The molecular weight excluding hydrogens is 626 g/mol. The molecule has 1 aromatic rings. The molecule has 1 aliphatic carbocycles. The maximum absolute atomic E-state index is 13.8. The van der Waals surface area contributed by atoms with Crippen LogP contribution in [-0.2, 0) is 25.5 Å². The molecule has 0 aliphatic heterocycles. The minimum absolute atomic E-state index is 0. The van der Waals surface area contributed by atoms with E-state index in [1.165, 1.54) is 36.0 Å². The predicted molar refractivity (Wildman–Crippen MR) is 171 cm³/mol. The van der Waals surface area contributed by atoms with Gasteiger partial charge in [-0.3, -0.25) is 14.6 Å².